The minimum atomic E-state index is -0.816. The summed E-state index contributed by atoms with van der Waals surface area (Å²) in [6, 6.07) is 8.41. The summed E-state index contributed by atoms with van der Waals surface area (Å²) in [4.78, 5) is 23.5. The van der Waals surface area contributed by atoms with Crippen LogP contribution in [0.15, 0.2) is 39.5 Å². The molecule has 6 heteroatoms. The van der Waals surface area contributed by atoms with Gasteiger partial charge in [0.05, 0.1) is 0 Å². The molecule has 0 saturated carbocycles. The number of ether oxygens (including phenoxy) is 2. The summed E-state index contributed by atoms with van der Waals surface area (Å²) in [5, 5.41) is 0. The molecule has 0 atom stereocenters. The molecule has 2 rings (SSSR count). The van der Waals surface area contributed by atoms with Crippen molar-refractivity contribution in [2.45, 2.75) is 26.4 Å². The van der Waals surface area contributed by atoms with Crippen LogP contribution in [0, 0.1) is 0 Å². The molecule has 0 N–H and O–H groups in total. The van der Waals surface area contributed by atoms with Gasteiger partial charge in [-0.05, 0) is 32.9 Å². The number of esters is 2. The van der Waals surface area contributed by atoms with Crippen molar-refractivity contribution in [1.29, 1.82) is 0 Å². The highest BCUT2D eigenvalue weighted by atomic mass is 17.0. The second-order valence-corrected chi connectivity index (χ2v) is 5.03. The Morgan fingerprint density at radius 2 is 1.50 bits per heavy atom. The number of rotatable bonds is 3. The zero-order valence-electron chi connectivity index (χ0n) is 11.3. The number of carbonyl (C=O) groups excluding carboxylic acids is 2. The molecule has 20 heavy (non-hydrogen) atoms. The van der Waals surface area contributed by atoms with E-state index in [1.807, 2.05) is 0 Å². The number of benzene rings is 1. The molecule has 0 spiro atoms. The van der Waals surface area contributed by atoms with Crippen LogP contribution >= 0.6 is 0 Å². The van der Waals surface area contributed by atoms with Gasteiger partial charge in [-0.25, -0.2) is 9.59 Å². The first-order chi connectivity index (χ1) is 9.37. The molecule has 0 fully saturated rings. The Balaban J connectivity index is 2.05. The summed E-state index contributed by atoms with van der Waals surface area (Å²) in [6.07, 6.45) is 0. The van der Waals surface area contributed by atoms with Crippen molar-refractivity contribution < 1.29 is 28.2 Å². The molecule has 0 amide bonds. The maximum atomic E-state index is 11.8. The number of hydrogen-bond acceptors (Lipinski definition) is 6. The molecule has 2 aromatic rings. The Kier molecular flexibility index (Phi) is 3.65. The monoisotopic (exact) mass is 278 g/mol. The van der Waals surface area contributed by atoms with Gasteiger partial charge < -0.3 is 9.47 Å². The predicted octanol–water partition coefficient (Wildman–Crippen LogP) is 3.05. The van der Waals surface area contributed by atoms with Gasteiger partial charge in [-0.2, -0.15) is 0 Å². The Morgan fingerprint density at radius 3 is 2.00 bits per heavy atom. The van der Waals surface area contributed by atoms with Gasteiger partial charge >= 0.3 is 23.5 Å². The highest BCUT2D eigenvalue weighted by molar-refractivity contribution is 6.00. The highest BCUT2D eigenvalue weighted by Gasteiger charge is 2.34. The van der Waals surface area contributed by atoms with E-state index in [2.05, 4.69) is 9.15 Å². The zero-order valence-corrected chi connectivity index (χ0v) is 11.3. The second-order valence-electron chi connectivity index (χ2n) is 5.03. The molecule has 0 aliphatic rings. The Hall–Kier alpha value is -2.50. The molecule has 106 valence electrons. The summed E-state index contributed by atoms with van der Waals surface area (Å²) in [5.74, 6) is -1.85. The first kappa shape index (κ1) is 13.9. The van der Waals surface area contributed by atoms with Gasteiger partial charge in [-0.1, -0.05) is 18.2 Å². The Morgan fingerprint density at radius 1 is 0.950 bits per heavy atom. The first-order valence-electron chi connectivity index (χ1n) is 5.96. The van der Waals surface area contributed by atoms with E-state index in [4.69, 9.17) is 9.47 Å². The number of hydrogen-bond donors (Lipinski definition) is 0. The van der Waals surface area contributed by atoms with Gasteiger partial charge in [0, 0.05) is 0 Å². The smallest absolute Gasteiger partial charge is 0.388 e. The van der Waals surface area contributed by atoms with Crippen LogP contribution in [-0.2, 0) is 4.74 Å². The fourth-order valence-electron chi connectivity index (χ4n) is 1.34. The molecule has 1 aromatic heterocycles. The van der Waals surface area contributed by atoms with Gasteiger partial charge in [0.2, 0.25) is 0 Å². The highest BCUT2D eigenvalue weighted by Crippen LogP contribution is 2.21. The van der Waals surface area contributed by atoms with E-state index in [-0.39, 0.29) is 11.5 Å². The molecular formula is C14H14O6. The third kappa shape index (κ3) is 3.28. The van der Waals surface area contributed by atoms with E-state index in [0.717, 1.165) is 0 Å². The lowest BCUT2D eigenvalue weighted by molar-refractivity contribution is -0.0507. The Bertz CT molecular complexity index is 599. The van der Waals surface area contributed by atoms with Crippen molar-refractivity contribution >= 4 is 11.9 Å². The van der Waals surface area contributed by atoms with Crippen LogP contribution in [0.1, 0.15) is 41.9 Å². The molecule has 0 saturated heterocycles. The molecule has 0 aliphatic heterocycles. The SMILES string of the molecule is CC(C)(C)OC(=O)c1ooc1C(=O)Oc1ccccc1. The fraction of sp³-hybridized carbons (Fsp3) is 0.286. The van der Waals surface area contributed by atoms with Crippen molar-refractivity contribution in [1.82, 2.24) is 0 Å². The average molecular weight is 278 g/mol. The lowest BCUT2D eigenvalue weighted by atomic mass is 10.2. The minimum absolute atomic E-state index is 0.291. The van der Waals surface area contributed by atoms with E-state index in [0.29, 0.717) is 5.75 Å². The van der Waals surface area contributed by atoms with E-state index in [1.54, 1.807) is 51.1 Å². The molecule has 0 bridgehead atoms. The van der Waals surface area contributed by atoms with Crippen LogP contribution in [-0.4, -0.2) is 17.5 Å². The first-order valence-corrected chi connectivity index (χ1v) is 5.96. The maximum Gasteiger partial charge on any atom is 0.388 e. The van der Waals surface area contributed by atoms with Gasteiger partial charge in [-0.3, -0.25) is 9.15 Å². The number of para-hydroxylation sites is 1. The summed E-state index contributed by atoms with van der Waals surface area (Å²) in [5.41, 5.74) is -0.697. The summed E-state index contributed by atoms with van der Waals surface area (Å²) < 4.78 is 19.1. The van der Waals surface area contributed by atoms with Gasteiger partial charge in [0.25, 0.3) is 0 Å². The topological polar surface area (TPSA) is 78.9 Å². The average Bonchev–Trinajstić information content (AvgIpc) is 2.25. The third-order valence-corrected chi connectivity index (χ3v) is 2.14. The van der Waals surface area contributed by atoms with Gasteiger partial charge in [0.1, 0.15) is 11.4 Å². The van der Waals surface area contributed by atoms with Crippen molar-refractivity contribution in [3.63, 3.8) is 0 Å². The van der Waals surface area contributed by atoms with Gasteiger partial charge in [-0.15, -0.1) is 0 Å². The van der Waals surface area contributed by atoms with Crippen LogP contribution in [0.5, 0.6) is 5.75 Å². The molecular weight excluding hydrogens is 264 g/mol. The second kappa shape index (κ2) is 5.24. The van der Waals surface area contributed by atoms with Crippen molar-refractivity contribution in [3.8, 4) is 5.75 Å². The maximum absolute atomic E-state index is 11.8. The van der Waals surface area contributed by atoms with Crippen LogP contribution in [0.25, 0.3) is 0 Å². The van der Waals surface area contributed by atoms with Crippen LogP contribution in [0.3, 0.4) is 0 Å². The number of carbonyl (C=O) groups is 2. The summed E-state index contributed by atoms with van der Waals surface area (Å²) in [7, 11) is 0. The zero-order chi connectivity index (χ0) is 14.8. The predicted molar refractivity (Wildman–Crippen MR) is 67.5 cm³/mol. The van der Waals surface area contributed by atoms with Crippen LogP contribution in [0.4, 0.5) is 0 Å². The molecule has 0 unspecified atom stereocenters. The van der Waals surface area contributed by atoms with Crippen molar-refractivity contribution in [2.75, 3.05) is 0 Å². The fourth-order valence-corrected chi connectivity index (χ4v) is 1.34. The van der Waals surface area contributed by atoms with E-state index in [9.17, 15) is 9.59 Å². The largest absolute Gasteiger partial charge is 0.454 e. The van der Waals surface area contributed by atoms with Crippen molar-refractivity contribution in [3.05, 3.63) is 41.9 Å². The molecule has 0 radical (unpaired) electrons. The normalized spacial score (nSPS) is 11.2. The van der Waals surface area contributed by atoms with Crippen LogP contribution in [0.2, 0.25) is 0 Å². The lowest BCUT2D eigenvalue weighted by Gasteiger charge is -2.19. The molecule has 1 aromatic carbocycles. The Labute approximate surface area is 115 Å². The third-order valence-electron chi connectivity index (χ3n) is 2.14. The minimum Gasteiger partial charge on any atom is -0.454 e. The van der Waals surface area contributed by atoms with Crippen molar-refractivity contribution in [2.24, 2.45) is 0 Å². The van der Waals surface area contributed by atoms with Gasteiger partial charge in [0.15, 0.2) is 0 Å². The summed E-state index contributed by atoms with van der Waals surface area (Å²) >= 11 is 0. The summed E-state index contributed by atoms with van der Waals surface area (Å²) in [6.45, 7) is 5.10. The standard InChI is InChI=1S/C14H14O6/c1-14(2,3)18-13(16)11-10(19-20-11)12(15)17-9-7-5-4-6-8-9/h4-8H,1-3H3. The van der Waals surface area contributed by atoms with E-state index >= 15 is 0 Å². The molecule has 6 nitrogen and oxygen atoms in total. The molecule has 0 aliphatic carbocycles. The lowest BCUT2D eigenvalue weighted by Crippen LogP contribution is -2.26. The quantitative estimate of drug-likeness (QED) is 0.487. The molecule has 1 heterocycles. The van der Waals surface area contributed by atoms with E-state index < -0.39 is 17.5 Å². The van der Waals surface area contributed by atoms with Crippen LogP contribution < -0.4 is 4.74 Å². The van der Waals surface area contributed by atoms with E-state index in [1.165, 1.54) is 0 Å².